The second-order valence-corrected chi connectivity index (χ2v) is 8.52. The number of benzene rings is 2. The first kappa shape index (κ1) is 24.7. The van der Waals surface area contributed by atoms with Crippen molar-refractivity contribution >= 4 is 23.4 Å². The Bertz CT molecular complexity index is 1420. The van der Waals surface area contributed by atoms with Gasteiger partial charge in [0, 0.05) is 37.3 Å². The van der Waals surface area contributed by atoms with Crippen molar-refractivity contribution in [3.05, 3.63) is 78.3 Å². The van der Waals surface area contributed by atoms with Crippen molar-refractivity contribution in [3.63, 3.8) is 0 Å². The normalized spacial score (nSPS) is 13.3. The van der Waals surface area contributed by atoms with Gasteiger partial charge in [0.05, 0.1) is 19.1 Å². The lowest BCUT2D eigenvalue weighted by molar-refractivity contribution is -0.133. The second kappa shape index (κ2) is 10.9. The van der Waals surface area contributed by atoms with Crippen molar-refractivity contribution < 1.29 is 23.5 Å². The molecule has 0 bridgehead atoms. The van der Waals surface area contributed by atoms with Gasteiger partial charge in [-0.1, -0.05) is 12.1 Å². The third kappa shape index (κ3) is 5.38. The lowest BCUT2D eigenvalue weighted by Crippen LogP contribution is -2.51. The van der Waals surface area contributed by atoms with Gasteiger partial charge in [-0.15, -0.1) is 10.2 Å². The number of carbonyl (C=O) groups is 3. The number of methoxy groups -OCH3 is 1. The summed E-state index contributed by atoms with van der Waals surface area (Å²) in [5.74, 6) is 0.540. The number of nitrogens with zero attached hydrogens (tertiary/aromatic N) is 6. The molecule has 12 heteroatoms. The zero-order valence-electron chi connectivity index (χ0n) is 20.6. The van der Waals surface area contributed by atoms with Gasteiger partial charge in [0.25, 0.3) is 11.8 Å². The van der Waals surface area contributed by atoms with Crippen molar-refractivity contribution in [1.29, 1.82) is 0 Å². The number of tetrazole rings is 1. The summed E-state index contributed by atoms with van der Waals surface area (Å²) >= 11 is 0. The Morgan fingerprint density at radius 2 is 1.68 bits per heavy atom. The maximum absolute atomic E-state index is 12.8. The molecule has 0 spiro atoms. The Kier molecular flexibility index (Phi) is 7.11. The van der Waals surface area contributed by atoms with Gasteiger partial charge in [0.15, 0.2) is 5.76 Å². The van der Waals surface area contributed by atoms with Crippen LogP contribution in [-0.4, -0.2) is 81.0 Å². The number of anilines is 1. The standard InChI is InChI=1S/C26H25N7O5/c1-37-19-10-8-18(9-11-19)25(35)27-21-6-3-2-5-20(21)24-28-30-33(29-24)17-23(34)31-12-14-32(15-13-31)26(36)22-7-4-16-38-22/h2-11,16H,12-15,17H2,1H3,(H,27,35). The van der Waals surface area contributed by atoms with Crippen molar-refractivity contribution in [2.75, 3.05) is 38.6 Å². The van der Waals surface area contributed by atoms with E-state index in [1.165, 1.54) is 11.1 Å². The highest BCUT2D eigenvalue weighted by molar-refractivity contribution is 6.06. The molecule has 1 N–H and O–H groups in total. The number of carbonyl (C=O) groups excluding carboxylic acids is 3. The Labute approximate surface area is 217 Å². The highest BCUT2D eigenvalue weighted by Gasteiger charge is 2.26. The van der Waals surface area contributed by atoms with Crippen molar-refractivity contribution in [3.8, 4) is 17.1 Å². The molecular formula is C26H25N7O5. The molecule has 38 heavy (non-hydrogen) atoms. The summed E-state index contributed by atoms with van der Waals surface area (Å²) < 4.78 is 10.3. The largest absolute Gasteiger partial charge is 0.497 e. The lowest BCUT2D eigenvalue weighted by Gasteiger charge is -2.34. The molecule has 194 valence electrons. The van der Waals surface area contributed by atoms with Crippen LogP contribution in [0.2, 0.25) is 0 Å². The van der Waals surface area contributed by atoms with Crippen LogP contribution in [0.25, 0.3) is 11.4 Å². The summed E-state index contributed by atoms with van der Waals surface area (Å²) in [6.07, 6.45) is 1.46. The van der Waals surface area contributed by atoms with E-state index in [1.807, 2.05) is 0 Å². The molecule has 1 aliphatic rings. The Hall–Kier alpha value is -5.00. The highest BCUT2D eigenvalue weighted by atomic mass is 16.5. The molecule has 2 aromatic heterocycles. The minimum Gasteiger partial charge on any atom is -0.497 e. The number of amides is 3. The van der Waals surface area contributed by atoms with Crippen LogP contribution in [0.4, 0.5) is 5.69 Å². The number of hydrogen-bond donors (Lipinski definition) is 1. The van der Waals surface area contributed by atoms with E-state index in [0.717, 1.165) is 0 Å². The van der Waals surface area contributed by atoms with Crippen molar-refractivity contribution in [2.45, 2.75) is 6.54 Å². The molecule has 0 unspecified atom stereocenters. The maximum Gasteiger partial charge on any atom is 0.289 e. The number of ether oxygens (including phenoxy) is 1. The van der Waals surface area contributed by atoms with Crippen LogP contribution in [-0.2, 0) is 11.3 Å². The van der Waals surface area contributed by atoms with Gasteiger partial charge in [-0.3, -0.25) is 14.4 Å². The first-order chi connectivity index (χ1) is 18.5. The number of hydrogen-bond acceptors (Lipinski definition) is 8. The molecule has 12 nitrogen and oxygen atoms in total. The summed E-state index contributed by atoms with van der Waals surface area (Å²) in [6, 6.07) is 17.1. The minimum atomic E-state index is -0.299. The third-order valence-electron chi connectivity index (χ3n) is 6.15. The van der Waals surface area contributed by atoms with Gasteiger partial charge < -0.3 is 24.3 Å². The zero-order valence-corrected chi connectivity index (χ0v) is 20.6. The van der Waals surface area contributed by atoms with Crippen molar-refractivity contribution in [2.24, 2.45) is 0 Å². The molecule has 4 aromatic rings. The number of rotatable bonds is 7. The fourth-order valence-electron chi connectivity index (χ4n) is 4.08. The maximum atomic E-state index is 12.8. The first-order valence-corrected chi connectivity index (χ1v) is 11.9. The Morgan fingerprint density at radius 1 is 0.947 bits per heavy atom. The fourth-order valence-corrected chi connectivity index (χ4v) is 4.08. The molecule has 0 aliphatic carbocycles. The van der Waals surface area contributed by atoms with E-state index in [9.17, 15) is 14.4 Å². The number of piperazine rings is 1. The summed E-state index contributed by atoms with van der Waals surface area (Å²) in [6.45, 7) is 1.50. The van der Waals surface area contributed by atoms with Crippen LogP contribution in [0.3, 0.4) is 0 Å². The SMILES string of the molecule is COc1ccc(C(=O)Nc2ccccc2-c2nnn(CC(=O)N3CCN(C(=O)c4ccco4)CC3)n2)cc1. The van der Waals surface area contributed by atoms with Crippen LogP contribution < -0.4 is 10.1 Å². The lowest BCUT2D eigenvalue weighted by atomic mass is 10.1. The van der Waals surface area contributed by atoms with Crippen LogP contribution in [0, 0.1) is 0 Å². The molecule has 1 saturated heterocycles. The molecule has 2 aromatic carbocycles. The number of nitrogens with one attached hydrogen (secondary N) is 1. The molecule has 3 amide bonds. The van der Waals surface area contributed by atoms with Gasteiger partial charge in [0.1, 0.15) is 12.3 Å². The van der Waals surface area contributed by atoms with Crippen LogP contribution in [0.15, 0.2) is 71.3 Å². The fraction of sp³-hybridized carbons (Fsp3) is 0.231. The van der Waals surface area contributed by atoms with Gasteiger partial charge in [-0.2, -0.15) is 4.80 Å². The van der Waals surface area contributed by atoms with Crippen LogP contribution in [0.1, 0.15) is 20.9 Å². The van der Waals surface area contributed by atoms with E-state index in [-0.39, 0.29) is 35.9 Å². The van der Waals surface area contributed by atoms with Gasteiger partial charge in [0.2, 0.25) is 11.7 Å². The molecule has 0 saturated carbocycles. The van der Waals surface area contributed by atoms with Crippen LogP contribution in [0.5, 0.6) is 5.75 Å². The number of para-hydroxylation sites is 1. The van der Waals surface area contributed by atoms with E-state index in [2.05, 4.69) is 20.7 Å². The molecule has 1 fully saturated rings. The monoisotopic (exact) mass is 515 g/mol. The molecule has 1 aliphatic heterocycles. The number of aromatic nitrogens is 4. The molecule has 3 heterocycles. The summed E-state index contributed by atoms with van der Waals surface area (Å²) in [4.78, 5) is 42.6. The topological polar surface area (TPSA) is 136 Å². The molecule has 5 rings (SSSR count). The zero-order chi connectivity index (χ0) is 26.5. The van der Waals surface area contributed by atoms with Crippen molar-refractivity contribution in [1.82, 2.24) is 30.0 Å². The summed E-state index contributed by atoms with van der Waals surface area (Å²) in [5.41, 5.74) is 1.54. The minimum absolute atomic E-state index is 0.0977. The predicted molar refractivity (Wildman–Crippen MR) is 135 cm³/mol. The van der Waals surface area contributed by atoms with E-state index in [4.69, 9.17) is 9.15 Å². The molecule has 0 radical (unpaired) electrons. The predicted octanol–water partition coefficient (Wildman–Crippen LogP) is 2.18. The third-order valence-corrected chi connectivity index (χ3v) is 6.15. The Balaban J connectivity index is 1.20. The first-order valence-electron chi connectivity index (χ1n) is 11.9. The van der Waals surface area contributed by atoms with E-state index in [0.29, 0.717) is 48.7 Å². The Morgan fingerprint density at radius 3 is 2.39 bits per heavy atom. The summed E-state index contributed by atoms with van der Waals surface area (Å²) in [5, 5.41) is 15.4. The average molecular weight is 516 g/mol. The number of furan rings is 1. The van der Waals surface area contributed by atoms with Gasteiger partial charge >= 0.3 is 0 Å². The van der Waals surface area contributed by atoms with E-state index < -0.39 is 0 Å². The van der Waals surface area contributed by atoms with E-state index in [1.54, 1.807) is 77.6 Å². The van der Waals surface area contributed by atoms with E-state index >= 15 is 0 Å². The smallest absolute Gasteiger partial charge is 0.289 e. The average Bonchev–Trinajstić information content (AvgIpc) is 3.66. The van der Waals surface area contributed by atoms with Gasteiger partial charge in [-0.25, -0.2) is 0 Å². The molecular weight excluding hydrogens is 490 g/mol. The van der Waals surface area contributed by atoms with Gasteiger partial charge in [-0.05, 0) is 53.7 Å². The highest BCUT2D eigenvalue weighted by Crippen LogP contribution is 2.25. The molecule has 0 atom stereocenters. The summed E-state index contributed by atoms with van der Waals surface area (Å²) in [7, 11) is 1.56. The van der Waals surface area contributed by atoms with Crippen LogP contribution >= 0.6 is 0 Å². The second-order valence-electron chi connectivity index (χ2n) is 8.52. The quantitative estimate of drug-likeness (QED) is 0.396.